The molecule has 2 N–H and O–H groups in total. The first-order chi connectivity index (χ1) is 15.3. The molecule has 10 heteroatoms. The summed E-state index contributed by atoms with van der Waals surface area (Å²) >= 11 is 0. The van der Waals surface area contributed by atoms with Crippen LogP contribution in [0.3, 0.4) is 0 Å². The van der Waals surface area contributed by atoms with Gasteiger partial charge in [-0.05, 0) is 46.9 Å². The van der Waals surface area contributed by atoms with Crippen LogP contribution < -0.4 is 11.2 Å². The second-order valence-electron chi connectivity index (χ2n) is 7.85. The summed E-state index contributed by atoms with van der Waals surface area (Å²) in [7, 11) is 7.95. The number of carbonyl (C=O) groups excluding carboxylic acids is 1. The third-order valence-corrected chi connectivity index (χ3v) is 6.06. The average Bonchev–Trinajstić information content (AvgIpc) is 2.99. The van der Waals surface area contributed by atoms with Crippen LogP contribution in [0, 0.1) is 11.6 Å². The first-order valence-electron chi connectivity index (χ1n) is 9.81. The Morgan fingerprint density at radius 1 is 1.28 bits per heavy atom. The van der Waals surface area contributed by atoms with Gasteiger partial charge in [-0.3, -0.25) is 14.8 Å². The molecule has 2 aromatic carbocycles. The molecule has 1 amide bonds. The lowest BCUT2D eigenvalue weighted by atomic mass is 9.37. The van der Waals surface area contributed by atoms with Gasteiger partial charge in [-0.15, -0.1) is 0 Å². The third kappa shape index (κ3) is 2.65. The summed E-state index contributed by atoms with van der Waals surface area (Å²) in [6, 6.07) is 7.98. The topological polar surface area (TPSA) is 71.6 Å². The van der Waals surface area contributed by atoms with Gasteiger partial charge in [0.15, 0.2) is 0 Å². The van der Waals surface area contributed by atoms with Gasteiger partial charge in [0, 0.05) is 42.8 Å². The van der Waals surface area contributed by atoms with E-state index in [0.29, 0.717) is 5.56 Å². The van der Waals surface area contributed by atoms with Crippen molar-refractivity contribution in [1.29, 1.82) is 0 Å². The van der Waals surface area contributed by atoms with E-state index in [2.05, 4.69) is 9.98 Å². The number of pyridine rings is 1. The molecule has 156 valence electrons. The molecule has 0 saturated carbocycles. The Labute approximate surface area is 183 Å². The van der Waals surface area contributed by atoms with E-state index in [0.717, 1.165) is 11.0 Å². The van der Waals surface area contributed by atoms with E-state index in [-0.39, 0.29) is 45.6 Å². The standard InChI is InChI=1S/C22H15B2F3N4O/c1-29-9-15-14(7-12(25)8-19(15)28)11-5-17-16(18(26)6-11)10-31-21(32)13-3-2-4-30-20(13)22(31,23)24(17)27/h2-9H,10,28H2,1H3. The van der Waals surface area contributed by atoms with Crippen molar-refractivity contribution in [2.75, 3.05) is 12.8 Å². The zero-order valence-corrected chi connectivity index (χ0v) is 16.9. The summed E-state index contributed by atoms with van der Waals surface area (Å²) in [5.41, 5.74) is 7.18. The maximum absolute atomic E-state index is 16.0. The van der Waals surface area contributed by atoms with Crippen molar-refractivity contribution in [3.8, 4) is 11.1 Å². The summed E-state index contributed by atoms with van der Waals surface area (Å²) in [4.78, 5) is 22.0. The van der Waals surface area contributed by atoms with Gasteiger partial charge in [-0.25, -0.2) is 8.78 Å². The lowest BCUT2D eigenvalue weighted by Crippen LogP contribution is -2.63. The maximum Gasteiger partial charge on any atom is 0.404 e. The Balaban J connectivity index is 1.72. The van der Waals surface area contributed by atoms with E-state index >= 15 is 8.71 Å². The van der Waals surface area contributed by atoms with Gasteiger partial charge in [0.2, 0.25) is 0 Å². The van der Waals surface area contributed by atoms with Crippen molar-refractivity contribution in [2.45, 2.75) is 11.9 Å². The highest BCUT2D eigenvalue weighted by Gasteiger charge is 2.58. The Morgan fingerprint density at radius 2 is 2.06 bits per heavy atom. The van der Waals surface area contributed by atoms with Gasteiger partial charge in [0.1, 0.15) is 19.5 Å². The second-order valence-corrected chi connectivity index (χ2v) is 7.85. The molecule has 1 unspecified atom stereocenters. The van der Waals surface area contributed by atoms with E-state index in [9.17, 15) is 9.18 Å². The highest BCUT2D eigenvalue weighted by atomic mass is 19.1. The molecule has 0 bridgehead atoms. The fourth-order valence-electron chi connectivity index (χ4n) is 4.55. The van der Waals surface area contributed by atoms with Gasteiger partial charge in [0.05, 0.1) is 16.6 Å². The van der Waals surface area contributed by atoms with Gasteiger partial charge in [-0.2, -0.15) is 0 Å². The van der Waals surface area contributed by atoms with E-state index in [1.54, 1.807) is 6.07 Å². The summed E-state index contributed by atoms with van der Waals surface area (Å²) in [6.45, 7) is -2.18. The number of aliphatic imine (C=N–C) groups is 1. The summed E-state index contributed by atoms with van der Waals surface area (Å²) in [6.07, 6.45) is 2.85. The number of hydrogen-bond donors (Lipinski definition) is 1. The Bertz CT molecular complexity index is 1330. The minimum atomic E-state index is -1.96. The van der Waals surface area contributed by atoms with Crippen LogP contribution in [-0.2, 0) is 11.9 Å². The van der Waals surface area contributed by atoms with Gasteiger partial charge < -0.3 is 14.9 Å². The van der Waals surface area contributed by atoms with Crippen LogP contribution in [0.2, 0.25) is 0 Å². The number of nitrogens with two attached hydrogens (primary N) is 1. The number of halogens is 3. The average molecular weight is 430 g/mol. The Hall–Kier alpha value is -3.55. The van der Waals surface area contributed by atoms with Gasteiger partial charge in [0.25, 0.3) is 5.91 Å². The van der Waals surface area contributed by atoms with Crippen molar-refractivity contribution >= 4 is 38.1 Å². The SMILES string of the molecule is [B]C12B(F)c3cc(-c4cc(F)cc(N)c4C=NC)cc(F)c3CN1C(=O)c1cccnc12. The van der Waals surface area contributed by atoms with E-state index in [1.807, 2.05) is 0 Å². The van der Waals surface area contributed by atoms with Crippen LogP contribution in [0.15, 0.2) is 47.6 Å². The number of fused-ring (bicyclic) bond motifs is 4. The highest BCUT2D eigenvalue weighted by Crippen LogP contribution is 2.42. The number of anilines is 1. The smallest absolute Gasteiger partial charge is 0.398 e. The summed E-state index contributed by atoms with van der Waals surface area (Å²) in [5, 5.41) is -1.87. The van der Waals surface area contributed by atoms with Crippen molar-refractivity contribution in [3.05, 3.63) is 76.6 Å². The number of benzene rings is 2. The number of nitrogens with zero attached hydrogens (tertiary/aromatic N) is 3. The fourth-order valence-corrected chi connectivity index (χ4v) is 4.55. The quantitative estimate of drug-likeness (QED) is 0.386. The molecule has 2 aliphatic heterocycles. The van der Waals surface area contributed by atoms with Crippen LogP contribution in [0.1, 0.15) is 27.2 Å². The lowest BCUT2D eigenvalue weighted by Gasteiger charge is -2.42. The minimum absolute atomic E-state index is 0.0126. The van der Waals surface area contributed by atoms with Crippen LogP contribution in [0.5, 0.6) is 0 Å². The molecular weight excluding hydrogens is 415 g/mol. The summed E-state index contributed by atoms with van der Waals surface area (Å²) in [5.74, 6) is -1.87. The maximum atomic E-state index is 16.0. The number of hydrogen-bond acceptors (Lipinski definition) is 4. The number of amides is 1. The summed E-state index contributed by atoms with van der Waals surface area (Å²) < 4.78 is 45.4. The largest absolute Gasteiger partial charge is 0.404 e. The van der Waals surface area contributed by atoms with Crippen LogP contribution in [0.4, 0.5) is 18.8 Å². The fraction of sp³-hybridized carbons (Fsp3) is 0.136. The zero-order valence-electron chi connectivity index (χ0n) is 16.9. The predicted octanol–water partition coefficient (Wildman–Crippen LogP) is 2.36. The van der Waals surface area contributed by atoms with Gasteiger partial charge >= 0.3 is 6.99 Å². The monoisotopic (exact) mass is 430 g/mol. The highest BCUT2D eigenvalue weighted by molar-refractivity contribution is 6.77. The number of rotatable bonds is 2. The normalized spacial score (nSPS) is 19.3. The van der Waals surface area contributed by atoms with E-state index in [1.165, 1.54) is 43.7 Å². The molecule has 1 atom stereocenters. The first-order valence-corrected chi connectivity index (χ1v) is 9.81. The molecule has 5 rings (SSSR count). The molecule has 0 spiro atoms. The first kappa shape index (κ1) is 20.4. The molecule has 1 aromatic heterocycles. The number of aromatic nitrogens is 1. The molecule has 2 radical (unpaired) electrons. The molecule has 5 nitrogen and oxygen atoms in total. The van der Waals surface area contributed by atoms with Crippen LogP contribution in [-0.4, -0.2) is 43.9 Å². The number of nitrogen functional groups attached to an aromatic ring is 1. The van der Waals surface area contributed by atoms with E-state index in [4.69, 9.17) is 13.6 Å². The predicted molar refractivity (Wildman–Crippen MR) is 118 cm³/mol. The van der Waals surface area contributed by atoms with Crippen molar-refractivity contribution < 1.29 is 17.9 Å². The molecule has 0 aliphatic carbocycles. The number of carbonyl (C=O) groups is 1. The van der Waals surface area contributed by atoms with Crippen LogP contribution in [0.25, 0.3) is 11.1 Å². The molecule has 0 fully saturated rings. The Morgan fingerprint density at radius 3 is 2.81 bits per heavy atom. The zero-order chi connectivity index (χ0) is 22.8. The molecular formula is C22H15B2F3N4O. The second kappa shape index (κ2) is 6.98. The molecule has 3 aromatic rings. The Kier molecular flexibility index (Phi) is 4.44. The van der Waals surface area contributed by atoms with Crippen molar-refractivity contribution in [3.63, 3.8) is 0 Å². The lowest BCUT2D eigenvalue weighted by molar-refractivity contribution is 0.0715. The molecule has 2 aliphatic rings. The van der Waals surface area contributed by atoms with Gasteiger partial charge in [-0.1, -0.05) is 6.07 Å². The van der Waals surface area contributed by atoms with Crippen molar-refractivity contribution in [1.82, 2.24) is 9.88 Å². The van der Waals surface area contributed by atoms with Crippen LogP contribution >= 0.6 is 0 Å². The third-order valence-electron chi connectivity index (χ3n) is 6.06. The van der Waals surface area contributed by atoms with E-state index < -0.39 is 29.9 Å². The molecule has 32 heavy (non-hydrogen) atoms. The molecule has 3 heterocycles. The minimum Gasteiger partial charge on any atom is -0.398 e. The van der Waals surface area contributed by atoms with Crippen molar-refractivity contribution in [2.24, 2.45) is 4.99 Å². The molecule has 0 saturated heterocycles.